The van der Waals surface area contributed by atoms with Gasteiger partial charge in [0.2, 0.25) is 5.91 Å². The Hall–Kier alpha value is -2.18. The molecule has 0 fully saturated rings. The van der Waals surface area contributed by atoms with Crippen molar-refractivity contribution in [3.8, 4) is 0 Å². The van der Waals surface area contributed by atoms with Gasteiger partial charge in [0.25, 0.3) is 0 Å². The Morgan fingerprint density at radius 2 is 2.29 bits per heavy atom. The van der Waals surface area contributed by atoms with Gasteiger partial charge in [0.1, 0.15) is 6.54 Å². The van der Waals surface area contributed by atoms with E-state index < -0.39 is 5.97 Å². The Morgan fingerprint density at radius 3 is 2.82 bits per heavy atom. The lowest BCUT2D eigenvalue weighted by molar-refractivity contribution is -0.144. The third-order valence-electron chi connectivity index (χ3n) is 2.06. The Kier molecular flexibility index (Phi) is 4.86. The quantitative estimate of drug-likeness (QED) is 0.663. The molecule has 0 radical (unpaired) electrons. The minimum Gasteiger partial charge on any atom is -0.480 e. The number of aliphatic carboxylic acids is 1. The average Bonchev–Trinajstić information content (AvgIpc) is 2.77. The van der Waals surface area contributed by atoms with E-state index in [9.17, 15) is 9.59 Å². The summed E-state index contributed by atoms with van der Waals surface area (Å²) in [5.74, 6) is -1.29. The molecular formula is C10H14N4O3. The maximum Gasteiger partial charge on any atom is 0.323 e. The predicted octanol–water partition coefficient (Wildman–Crippen LogP) is -0.233. The molecule has 0 saturated heterocycles. The number of carbonyl (C=O) groups excluding carboxylic acids is 1. The fourth-order valence-corrected chi connectivity index (χ4v) is 1.29. The minimum absolute atomic E-state index is 0.185. The predicted molar refractivity (Wildman–Crippen MR) is 59.1 cm³/mol. The zero-order valence-electron chi connectivity index (χ0n) is 9.32. The number of carboxylic acid groups (broad SMARTS) is 1. The van der Waals surface area contributed by atoms with Crippen molar-refractivity contribution in [3.05, 3.63) is 25.0 Å². The van der Waals surface area contributed by atoms with Crippen LogP contribution in [0.2, 0.25) is 0 Å². The zero-order valence-corrected chi connectivity index (χ0v) is 9.32. The van der Waals surface area contributed by atoms with Crippen LogP contribution in [-0.2, 0) is 16.1 Å². The molecule has 92 valence electrons. The number of carboxylic acids is 1. The van der Waals surface area contributed by atoms with Gasteiger partial charge in [0.05, 0.1) is 12.7 Å². The Balaban J connectivity index is 2.46. The van der Waals surface area contributed by atoms with Crippen molar-refractivity contribution in [1.82, 2.24) is 19.9 Å². The standard InChI is InChI=1S/C10H14N4O3/c1-2-5-13(8-10(16)17)9(15)3-6-14-7-4-11-12-14/h2,4,7H,1,3,5-6,8H2,(H,16,17). The van der Waals surface area contributed by atoms with E-state index in [-0.39, 0.29) is 25.4 Å². The summed E-state index contributed by atoms with van der Waals surface area (Å²) in [6.45, 7) is 3.77. The van der Waals surface area contributed by atoms with Crippen LogP contribution >= 0.6 is 0 Å². The molecule has 0 spiro atoms. The van der Waals surface area contributed by atoms with Crippen molar-refractivity contribution in [2.45, 2.75) is 13.0 Å². The summed E-state index contributed by atoms with van der Waals surface area (Å²) < 4.78 is 1.52. The minimum atomic E-state index is -1.04. The fourth-order valence-electron chi connectivity index (χ4n) is 1.29. The Morgan fingerprint density at radius 1 is 1.53 bits per heavy atom. The molecule has 0 aliphatic heterocycles. The number of carbonyl (C=O) groups is 2. The summed E-state index contributed by atoms with van der Waals surface area (Å²) in [5, 5.41) is 16.0. The van der Waals surface area contributed by atoms with Crippen LogP contribution in [-0.4, -0.2) is 50.0 Å². The molecule has 0 atom stereocenters. The van der Waals surface area contributed by atoms with Crippen LogP contribution < -0.4 is 0 Å². The van der Waals surface area contributed by atoms with Gasteiger partial charge in [-0.15, -0.1) is 11.7 Å². The molecule has 1 aromatic rings. The monoisotopic (exact) mass is 238 g/mol. The number of hydrogen-bond donors (Lipinski definition) is 1. The lowest BCUT2D eigenvalue weighted by Crippen LogP contribution is -2.36. The molecule has 7 heteroatoms. The summed E-state index contributed by atoms with van der Waals surface area (Å²) in [4.78, 5) is 23.5. The van der Waals surface area contributed by atoms with Gasteiger partial charge in [0.15, 0.2) is 0 Å². The molecular weight excluding hydrogens is 224 g/mol. The van der Waals surface area contributed by atoms with Crippen molar-refractivity contribution in [1.29, 1.82) is 0 Å². The van der Waals surface area contributed by atoms with E-state index in [2.05, 4.69) is 16.9 Å². The molecule has 7 nitrogen and oxygen atoms in total. The van der Waals surface area contributed by atoms with Gasteiger partial charge in [-0.25, -0.2) is 0 Å². The third kappa shape index (κ3) is 4.45. The van der Waals surface area contributed by atoms with Crippen LogP contribution in [0.1, 0.15) is 6.42 Å². The largest absolute Gasteiger partial charge is 0.480 e. The number of amides is 1. The Labute approximate surface area is 98.3 Å². The van der Waals surface area contributed by atoms with Crippen molar-refractivity contribution in [3.63, 3.8) is 0 Å². The lowest BCUT2D eigenvalue weighted by atomic mass is 10.3. The van der Waals surface area contributed by atoms with Gasteiger partial charge in [-0.3, -0.25) is 14.3 Å². The van der Waals surface area contributed by atoms with E-state index in [1.165, 1.54) is 21.9 Å². The summed E-state index contributed by atoms with van der Waals surface area (Å²) in [6.07, 6.45) is 4.84. The Bertz CT molecular complexity index is 388. The first-order valence-electron chi connectivity index (χ1n) is 5.08. The van der Waals surface area contributed by atoms with Gasteiger partial charge in [-0.2, -0.15) is 0 Å². The number of rotatable bonds is 7. The number of aryl methyl sites for hydroxylation is 1. The highest BCUT2D eigenvalue weighted by Gasteiger charge is 2.15. The molecule has 1 amide bonds. The van der Waals surface area contributed by atoms with Crippen LogP contribution in [0, 0.1) is 0 Å². The molecule has 0 bridgehead atoms. The van der Waals surface area contributed by atoms with E-state index in [4.69, 9.17) is 5.11 Å². The van der Waals surface area contributed by atoms with E-state index in [0.717, 1.165) is 0 Å². The molecule has 0 aliphatic carbocycles. The highest BCUT2D eigenvalue weighted by Crippen LogP contribution is 1.97. The highest BCUT2D eigenvalue weighted by atomic mass is 16.4. The molecule has 0 saturated carbocycles. The van der Waals surface area contributed by atoms with Gasteiger partial charge in [0, 0.05) is 19.2 Å². The number of hydrogen-bond acceptors (Lipinski definition) is 4. The second kappa shape index (κ2) is 6.41. The van der Waals surface area contributed by atoms with Crippen LogP contribution in [0.5, 0.6) is 0 Å². The van der Waals surface area contributed by atoms with E-state index in [1.54, 1.807) is 6.20 Å². The topological polar surface area (TPSA) is 88.3 Å². The molecule has 17 heavy (non-hydrogen) atoms. The summed E-state index contributed by atoms with van der Waals surface area (Å²) in [5.41, 5.74) is 0. The maximum atomic E-state index is 11.7. The van der Waals surface area contributed by atoms with Crippen LogP contribution in [0.25, 0.3) is 0 Å². The van der Waals surface area contributed by atoms with Crippen molar-refractivity contribution in [2.24, 2.45) is 0 Å². The van der Waals surface area contributed by atoms with Crippen LogP contribution in [0.4, 0.5) is 0 Å². The van der Waals surface area contributed by atoms with Crippen LogP contribution in [0.15, 0.2) is 25.0 Å². The SMILES string of the molecule is C=CCN(CC(=O)O)C(=O)CCn1ccnn1. The van der Waals surface area contributed by atoms with E-state index in [0.29, 0.717) is 6.54 Å². The molecule has 0 aliphatic rings. The first kappa shape index (κ1) is 12.9. The van der Waals surface area contributed by atoms with Gasteiger partial charge in [-0.05, 0) is 0 Å². The van der Waals surface area contributed by atoms with Crippen molar-refractivity contribution < 1.29 is 14.7 Å². The molecule has 0 unspecified atom stereocenters. The molecule has 1 rings (SSSR count). The zero-order chi connectivity index (χ0) is 12.7. The molecule has 1 aromatic heterocycles. The summed E-state index contributed by atoms with van der Waals surface area (Å²) in [7, 11) is 0. The lowest BCUT2D eigenvalue weighted by Gasteiger charge is -2.18. The number of nitrogens with zero attached hydrogens (tertiary/aromatic N) is 4. The van der Waals surface area contributed by atoms with Gasteiger partial charge < -0.3 is 10.0 Å². The molecule has 1 heterocycles. The molecule has 0 aromatic carbocycles. The maximum absolute atomic E-state index is 11.7. The van der Waals surface area contributed by atoms with Crippen molar-refractivity contribution in [2.75, 3.05) is 13.1 Å². The summed E-state index contributed by atoms with van der Waals surface area (Å²) >= 11 is 0. The third-order valence-corrected chi connectivity index (χ3v) is 2.06. The first-order valence-corrected chi connectivity index (χ1v) is 5.08. The second-order valence-electron chi connectivity index (χ2n) is 3.37. The summed E-state index contributed by atoms with van der Waals surface area (Å²) in [6, 6.07) is 0. The molecule has 1 N–H and O–H groups in total. The fraction of sp³-hybridized carbons (Fsp3) is 0.400. The first-order chi connectivity index (χ1) is 8.13. The second-order valence-corrected chi connectivity index (χ2v) is 3.37. The average molecular weight is 238 g/mol. The van der Waals surface area contributed by atoms with E-state index >= 15 is 0 Å². The van der Waals surface area contributed by atoms with Crippen molar-refractivity contribution >= 4 is 11.9 Å². The van der Waals surface area contributed by atoms with Crippen LogP contribution in [0.3, 0.4) is 0 Å². The smallest absolute Gasteiger partial charge is 0.323 e. The van der Waals surface area contributed by atoms with Gasteiger partial charge in [-0.1, -0.05) is 11.3 Å². The van der Waals surface area contributed by atoms with Gasteiger partial charge >= 0.3 is 5.97 Å². The normalized spacial score (nSPS) is 9.88. The number of aromatic nitrogens is 3. The van der Waals surface area contributed by atoms with E-state index in [1.807, 2.05) is 0 Å². The highest BCUT2D eigenvalue weighted by molar-refractivity contribution is 5.81.